The maximum Gasteiger partial charge on any atom is 0.226 e. The van der Waals surface area contributed by atoms with Crippen molar-refractivity contribution >= 4 is 5.91 Å². The lowest BCUT2D eigenvalue weighted by Gasteiger charge is -2.46. The zero-order valence-electron chi connectivity index (χ0n) is 15.3. The predicted octanol–water partition coefficient (Wildman–Crippen LogP) is 3.03. The van der Waals surface area contributed by atoms with Crippen molar-refractivity contribution in [2.24, 2.45) is 5.41 Å². The highest BCUT2D eigenvalue weighted by Crippen LogP contribution is 2.42. The van der Waals surface area contributed by atoms with Crippen LogP contribution in [0.2, 0.25) is 0 Å². The number of rotatable bonds is 3. The highest BCUT2D eigenvalue weighted by Gasteiger charge is 2.48. The fraction of sp³-hybridized carbons (Fsp3) is 0.409. The van der Waals surface area contributed by atoms with Crippen molar-refractivity contribution < 1.29 is 14.3 Å². The second-order valence-corrected chi connectivity index (χ2v) is 7.82. The zero-order chi connectivity index (χ0) is 18.9. The molecule has 2 aromatic rings. The van der Waals surface area contributed by atoms with E-state index in [1.54, 1.807) is 12.1 Å². The summed E-state index contributed by atoms with van der Waals surface area (Å²) in [7, 11) is 0. The summed E-state index contributed by atoms with van der Waals surface area (Å²) in [6, 6.07) is 15.9. The minimum Gasteiger partial charge on any atom is -0.391 e. The normalized spacial score (nSPS) is 25.3. The van der Waals surface area contributed by atoms with E-state index in [2.05, 4.69) is 10.2 Å². The smallest absolute Gasteiger partial charge is 0.226 e. The summed E-state index contributed by atoms with van der Waals surface area (Å²) in [5.41, 5.74) is 1.54. The van der Waals surface area contributed by atoms with Gasteiger partial charge in [-0.25, -0.2) is 4.39 Å². The first-order valence-corrected chi connectivity index (χ1v) is 9.57. The van der Waals surface area contributed by atoms with Crippen LogP contribution in [-0.4, -0.2) is 35.1 Å². The van der Waals surface area contributed by atoms with Crippen LogP contribution >= 0.6 is 0 Å². The van der Waals surface area contributed by atoms with Crippen molar-refractivity contribution in [2.75, 3.05) is 13.1 Å². The molecule has 2 heterocycles. The van der Waals surface area contributed by atoms with Gasteiger partial charge in [0.05, 0.1) is 17.6 Å². The van der Waals surface area contributed by atoms with Crippen LogP contribution in [0.25, 0.3) is 0 Å². The number of carbonyl (C=O) groups excluding carboxylic acids is 1. The Labute approximate surface area is 159 Å². The first-order chi connectivity index (χ1) is 13.1. The van der Waals surface area contributed by atoms with Gasteiger partial charge in [-0.3, -0.25) is 9.69 Å². The van der Waals surface area contributed by atoms with Gasteiger partial charge in [0.2, 0.25) is 5.91 Å². The number of hydrogen-bond donors (Lipinski definition) is 2. The number of likely N-dealkylation sites (tertiary alicyclic amines) is 1. The van der Waals surface area contributed by atoms with Crippen molar-refractivity contribution in [2.45, 2.75) is 38.0 Å². The molecule has 2 N–H and O–H groups in total. The van der Waals surface area contributed by atoms with E-state index in [-0.39, 0.29) is 17.8 Å². The summed E-state index contributed by atoms with van der Waals surface area (Å²) < 4.78 is 13.1. The van der Waals surface area contributed by atoms with Crippen molar-refractivity contribution in [3.05, 3.63) is 71.5 Å². The molecule has 27 heavy (non-hydrogen) atoms. The molecule has 0 aliphatic carbocycles. The SMILES string of the molecule is O=C1N[C@@H](c2ccccc2)[C@H](O)CC12CCN(Cc1ccc(F)cc1)CC2. The van der Waals surface area contributed by atoms with Gasteiger partial charge in [0.25, 0.3) is 0 Å². The Morgan fingerprint density at radius 3 is 2.41 bits per heavy atom. The lowest BCUT2D eigenvalue weighted by atomic mass is 9.69. The van der Waals surface area contributed by atoms with Crippen LogP contribution < -0.4 is 5.32 Å². The minimum absolute atomic E-state index is 0.0584. The van der Waals surface area contributed by atoms with Gasteiger partial charge in [0, 0.05) is 6.54 Å². The molecule has 2 fully saturated rings. The van der Waals surface area contributed by atoms with Gasteiger partial charge in [-0.2, -0.15) is 0 Å². The Balaban J connectivity index is 1.39. The van der Waals surface area contributed by atoms with Gasteiger partial charge in [0.1, 0.15) is 5.82 Å². The topological polar surface area (TPSA) is 52.6 Å². The number of halogens is 1. The molecule has 5 heteroatoms. The molecule has 0 bridgehead atoms. The maximum atomic E-state index is 13.1. The van der Waals surface area contributed by atoms with Gasteiger partial charge in [0.15, 0.2) is 0 Å². The van der Waals surface area contributed by atoms with Gasteiger partial charge >= 0.3 is 0 Å². The molecule has 142 valence electrons. The van der Waals surface area contributed by atoms with E-state index >= 15 is 0 Å². The molecule has 2 aliphatic rings. The van der Waals surface area contributed by atoms with E-state index in [0.717, 1.165) is 43.6 Å². The number of nitrogens with zero attached hydrogens (tertiary/aromatic N) is 1. The quantitative estimate of drug-likeness (QED) is 0.876. The number of aliphatic hydroxyl groups excluding tert-OH is 1. The first-order valence-electron chi connectivity index (χ1n) is 9.57. The monoisotopic (exact) mass is 368 g/mol. The van der Waals surface area contributed by atoms with Crippen LogP contribution in [0.4, 0.5) is 4.39 Å². The van der Waals surface area contributed by atoms with E-state index in [1.165, 1.54) is 12.1 Å². The van der Waals surface area contributed by atoms with Crippen LogP contribution in [0, 0.1) is 11.2 Å². The Kier molecular flexibility index (Phi) is 4.98. The summed E-state index contributed by atoms with van der Waals surface area (Å²) in [6.07, 6.45) is 1.40. The molecule has 0 aromatic heterocycles. The molecule has 0 saturated carbocycles. The minimum atomic E-state index is -0.575. The van der Waals surface area contributed by atoms with Crippen molar-refractivity contribution in [3.63, 3.8) is 0 Å². The summed E-state index contributed by atoms with van der Waals surface area (Å²) in [5.74, 6) is -0.166. The summed E-state index contributed by atoms with van der Waals surface area (Å²) in [5, 5.41) is 13.8. The van der Waals surface area contributed by atoms with Gasteiger partial charge in [-0.05, 0) is 55.6 Å². The number of aliphatic hydroxyl groups is 1. The molecule has 2 aromatic carbocycles. The molecule has 2 saturated heterocycles. The lowest BCUT2D eigenvalue weighted by molar-refractivity contribution is -0.144. The van der Waals surface area contributed by atoms with E-state index in [9.17, 15) is 14.3 Å². The first kappa shape index (κ1) is 18.1. The Bertz CT molecular complexity index is 786. The third kappa shape index (κ3) is 3.75. The van der Waals surface area contributed by atoms with Crippen LogP contribution in [0.1, 0.15) is 36.4 Å². The standard InChI is InChI=1S/C22H25FN2O2/c23-18-8-6-16(7-9-18)15-25-12-10-22(11-13-25)14-19(26)20(24-21(22)27)17-4-2-1-3-5-17/h1-9,19-20,26H,10-15H2,(H,24,27)/t19-,20+/m1/s1. The fourth-order valence-corrected chi connectivity index (χ4v) is 4.39. The van der Waals surface area contributed by atoms with E-state index < -0.39 is 11.5 Å². The molecule has 1 amide bonds. The van der Waals surface area contributed by atoms with E-state index in [0.29, 0.717) is 6.42 Å². The number of benzene rings is 2. The summed E-state index contributed by atoms with van der Waals surface area (Å²) in [6.45, 7) is 2.36. The Morgan fingerprint density at radius 2 is 1.74 bits per heavy atom. The number of carbonyl (C=O) groups is 1. The molecule has 2 aliphatic heterocycles. The van der Waals surface area contributed by atoms with Crippen LogP contribution in [0.3, 0.4) is 0 Å². The van der Waals surface area contributed by atoms with Gasteiger partial charge in [-0.1, -0.05) is 42.5 Å². The molecule has 4 rings (SSSR count). The molecular formula is C22H25FN2O2. The second kappa shape index (κ2) is 7.41. The van der Waals surface area contributed by atoms with Crippen LogP contribution in [0.5, 0.6) is 0 Å². The average Bonchev–Trinajstić information content (AvgIpc) is 2.69. The average molecular weight is 368 g/mol. The van der Waals surface area contributed by atoms with Gasteiger partial charge in [-0.15, -0.1) is 0 Å². The van der Waals surface area contributed by atoms with E-state index in [1.807, 2.05) is 30.3 Å². The number of nitrogens with one attached hydrogen (secondary N) is 1. The third-order valence-corrected chi connectivity index (χ3v) is 6.04. The predicted molar refractivity (Wildman–Crippen MR) is 101 cm³/mol. The number of piperidine rings is 2. The molecule has 0 radical (unpaired) electrons. The molecule has 4 nitrogen and oxygen atoms in total. The number of hydrogen-bond acceptors (Lipinski definition) is 3. The maximum absolute atomic E-state index is 13.1. The third-order valence-electron chi connectivity index (χ3n) is 6.04. The molecule has 0 unspecified atom stereocenters. The molecule has 2 atom stereocenters. The highest BCUT2D eigenvalue weighted by molar-refractivity contribution is 5.84. The van der Waals surface area contributed by atoms with Crippen molar-refractivity contribution in [3.8, 4) is 0 Å². The summed E-state index contributed by atoms with van der Waals surface area (Å²) in [4.78, 5) is 15.2. The Hall–Kier alpha value is -2.24. The number of amides is 1. The van der Waals surface area contributed by atoms with E-state index in [4.69, 9.17) is 0 Å². The second-order valence-electron chi connectivity index (χ2n) is 7.82. The van der Waals surface area contributed by atoms with Crippen LogP contribution in [-0.2, 0) is 11.3 Å². The lowest BCUT2D eigenvalue weighted by Crippen LogP contribution is -2.56. The zero-order valence-corrected chi connectivity index (χ0v) is 15.3. The van der Waals surface area contributed by atoms with Crippen molar-refractivity contribution in [1.29, 1.82) is 0 Å². The highest BCUT2D eigenvalue weighted by atomic mass is 19.1. The molecular weight excluding hydrogens is 343 g/mol. The molecule has 1 spiro atoms. The summed E-state index contributed by atoms with van der Waals surface area (Å²) >= 11 is 0. The van der Waals surface area contributed by atoms with Gasteiger partial charge < -0.3 is 10.4 Å². The Morgan fingerprint density at radius 1 is 1.07 bits per heavy atom. The van der Waals surface area contributed by atoms with Crippen molar-refractivity contribution in [1.82, 2.24) is 10.2 Å². The van der Waals surface area contributed by atoms with Crippen LogP contribution in [0.15, 0.2) is 54.6 Å². The fourth-order valence-electron chi connectivity index (χ4n) is 4.39. The largest absolute Gasteiger partial charge is 0.391 e.